The molecule has 0 aliphatic rings. The number of carbonyl (C=O) groups is 3. The van der Waals surface area contributed by atoms with Gasteiger partial charge in [0.2, 0.25) is 0 Å². The normalized spacial score (nSPS) is 11.7. The van der Waals surface area contributed by atoms with E-state index in [1.807, 2.05) is 0 Å². The van der Waals surface area contributed by atoms with Gasteiger partial charge in [-0.3, -0.25) is 9.59 Å². The lowest BCUT2D eigenvalue weighted by atomic mass is 10.2. The molecular formula is C10H10ClNO6. The zero-order chi connectivity index (χ0) is 13.7. The minimum atomic E-state index is -1.39. The predicted molar refractivity (Wildman–Crippen MR) is 59.2 cm³/mol. The third-order valence-corrected chi connectivity index (χ3v) is 2.20. The third-order valence-electron chi connectivity index (χ3n) is 2.00. The van der Waals surface area contributed by atoms with Crippen molar-refractivity contribution < 1.29 is 28.6 Å². The highest BCUT2D eigenvalue weighted by Crippen LogP contribution is 2.13. The number of hydrogen-bond donors (Lipinski definition) is 2. The summed E-state index contributed by atoms with van der Waals surface area (Å²) < 4.78 is 9.13. The van der Waals surface area contributed by atoms with Crippen molar-refractivity contribution in [1.82, 2.24) is 5.32 Å². The van der Waals surface area contributed by atoms with Gasteiger partial charge >= 0.3 is 11.9 Å². The van der Waals surface area contributed by atoms with Crippen LogP contribution in [0.15, 0.2) is 16.5 Å². The Hall–Kier alpha value is -2.02. The smallest absolute Gasteiger partial charge is 0.326 e. The van der Waals surface area contributed by atoms with E-state index in [1.54, 1.807) is 0 Å². The van der Waals surface area contributed by atoms with Crippen molar-refractivity contribution in [3.05, 3.63) is 23.1 Å². The van der Waals surface area contributed by atoms with Crippen molar-refractivity contribution in [1.29, 1.82) is 0 Å². The van der Waals surface area contributed by atoms with E-state index < -0.39 is 30.3 Å². The summed E-state index contributed by atoms with van der Waals surface area (Å²) in [6.07, 6.45) is -0.480. The maximum Gasteiger partial charge on any atom is 0.326 e. The van der Waals surface area contributed by atoms with Crippen LogP contribution in [0, 0.1) is 0 Å². The minimum Gasteiger partial charge on any atom is -0.480 e. The lowest BCUT2D eigenvalue weighted by Crippen LogP contribution is -2.42. The van der Waals surface area contributed by atoms with Gasteiger partial charge in [0.15, 0.2) is 11.0 Å². The quantitative estimate of drug-likeness (QED) is 0.766. The maximum atomic E-state index is 11.6. The van der Waals surface area contributed by atoms with Crippen LogP contribution in [0.5, 0.6) is 0 Å². The maximum absolute atomic E-state index is 11.6. The largest absolute Gasteiger partial charge is 0.480 e. The number of furan rings is 1. The number of carboxylic acids is 1. The van der Waals surface area contributed by atoms with Crippen molar-refractivity contribution in [2.75, 3.05) is 7.11 Å². The summed E-state index contributed by atoms with van der Waals surface area (Å²) in [7, 11) is 1.12. The highest BCUT2D eigenvalue weighted by atomic mass is 35.5. The van der Waals surface area contributed by atoms with Gasteiger partial charge in [0.05, 0.1) is 13.5 Å². The molecular weight excluding hydrogens is 266 g/mol. The zero-order valence-electron chi connectivity index (χ0n) is 9.31. The van der Waals surface area contributed by atoms with Crippen LogP contribution in [0.2, 0.25) is 5.22 Å². The molecule has 0 radical (unpaired) electrons. The number of methoxy groups -OCH3 is 1. The first-order chi connectivity index (χ1) is 8.43. The Kier molecular flexibility index (Phi) is 4.73. The number of hydrogen-bond acceptors (Lipinski definition) is 5. The third kappa shape index (κ3) is 3.77. The van der Waals surface area contributed by atoms with E-state index in [2.05, 4.69) is 10.1 Å². The highest BCUT2D eigenvalue weighted by molar-refractivity contribution is 6.29. The Morgan fingerprint density at radius 3 is 2.61 bits per heavy atom. The summed E-state index contributed by atoms with van der Waals surface area (Å²) >= 11 is 5.47. The number of ether oxygens (including phenoxy) is 1. The van der Waals surface area contributed by atoms with Crippen LogP contribution in [-0.4, -0.2) is 36.1 Å². The summed E-state index contributed by atoms with van der Waals surface area (Å²) in [5.41, 5.74) is 0. The lowest BCUT2D eigenvalue weighted by molar-refractivity contribution is -0.147. The molecule has 0 aromatic carbocycles. The SMILES string of the molecule is COC(=O)C[C@H](NC(=O)c1ccc(Cl)o1)C(=O)O. The summed E-state index contributed by atoms with van der Waals surface area (Å²) in [4.78, 5) is 33.4. The molecule has 98 valence electrons. The average molecular weight is 276 g/mol. The topological polar surface area (TPSA) is 106 Å². The molecule has 18 heavy (non-hydrogen) atoms. The van der Waals surface area contributed by atoms with Crippen molar-refractivity contribution in [2.24, 2.45) is 0 Å². The molecule has 1 atom stereocenters. The van der Waals surface area contributed by atoms with Crippen molar-refractivity contribution in [3.8, 4) is 0 Å². The van der Waals surface area contributed by atoms with E-state index in [-0.39, 0.29) is 11.0 Å². The van der Waals surface area contributed by atoms with E-state index in [4.69, 9.17) is 21.1 Å². The van der Waals surface area contributed by atoms with Gasteiger partial charge in [-0.05, 0) is 23.7 Å². The van der Waals surface area contributed by atoms with Gasteiger partial charge in [-0.25, -0.2) is 4.79 Å². The van der Waals surface area contributed by atoms with Gasteiger partial charge in [0.1, 0.15) is 6.04 Å². The number of aliphatic carboxylic acids is 1. The molecule has 1 aromatic heterocycles. The number of rotatable bonds is 5. The second-order valence-corrected chi connectivity index (χ2v) is 3.62. The molecule has 0 aliphatic carbocycles. The van der Waals surface area contributed by atoms with Crippen LogP contribution in [0.4, 0.5) is 0 Å². The Balaban J connectivity index is 2.69. The van der Waals surface area contributed by atoms with Gasteiger partial charge in [0.25, 0.3) is 5.91 Å². The molecule has 0 spiro atoms. The Morgan fingerprint density at radius 2 is 2.17 bits per heavy atom. The van der Waals surface area contributed by atoms with Crippen LogP contribution >= 0.6 is 11.6 Å². The molecule has 8 heteroatoms. The van der Waals surface area contributed by atoms with Gasteiger partial charge in [0, 0.05) is 0 Å². The molecule has 1 rings (SSSR count). The van der Waals surface area contributed by atoms with Gasteiger partial charge in [-0.1, -0.05) is 0 Å². The van der Waals surface area contributed by atoms with Crippen molar-refractivity contribution in [3.63, 3.8) is 0 Å². The number of halogens is 1. The number of carboxylic acid groups (broad SMARTS) is 1. The average Bonchev–Trinajstić information content (AvgIpc) is 2.74. The minimum absolute atomic E-state index is 0.00000656. The van der Waals surface area contributed by atoms with Crippen LogP contribution in [0.1, 0.15) is 17.0 Å². The first-order valence-corrected chi connectivity index (χ1v) is 5.17. The predicted octanol–water partition coefficient (Wildman–Crippen LogP) is 0.679. The fourth-order valence-corrected chi connectivity index (χ4v) is 1.26. The molecule has 1 heterocycles. The summed E-state index contributed by atoms with van der Waals surface area (Å²) in [5, 5.41) is 11.0. The van der Waals surface area contributed by atoms with E-state index in [9.17, 15) is 14.4 Å². The fourth-order valence-electron chi connectivity index (χ4n) is 1.12. The Labute approximate surface area is 107 Å². The highest BCUT2D eigenvalue weighted by Gasteiger charge is 2.25. The molecule has 0 fully saturated rings. The molecule has 7 nitrogen and oxygen atoms in total. The standard InChI is InChI=1S/C10H10ClNO6/c1-17-8(13)4-5(10(15)16)12-9(14)6-2-3-7(11)18-6/h2-3,5H,4H2,1H3,(H,12,14)(H,15,16)/t5-/m0/s1. The number of carbonyl (C=O) groups excluding carboxylic acids is 2. The molecule has 1 amide bonds. The van der Waals surface area contributed by atoms with Gasteiger partial charge < -0.3 is 19.6 Å². The second kappa shape index (κ2) is 6.06. The van der Waals surface area contributed by atoms with E-state index in [1.165, 1.54) is 12.1 Å². The zero-order valence-corrected chi connectivity index (χ0v) is 10.1. The number of esters is 1. The molecule has 0 saturated heterocycles. The fraction of sp³-hybridized carbons (Fsp3) is 0.300. The van der Waals surface area contributed by atoms with Gasteiger partial charge in [-0.2, -0.15) is 0 Å². The molecule has 0 unspecified atom stereocenters. The first kappa shape index (κ1) is 14.0. The number of amides is 1. The van der Waals surface area contributed by atoms with E-state index >= 15 is 0 Å². The molecule has 0 saturated carbocycles. The van der Waals surface area contributed by atoms with Crippen LogP contribution in [0.3, 0.4) is 0 Å². The molecule has 2 N–H and O–H groups in total. The molecule has 1 aromatic rings. The summed E-state index contributed by atoms with van der Waals surface area (Å²) in [6, 6.07) is 1.23. The summed E-state index contributed by atoms with van der Waals surface area (Å²) in [5.74, 6) is -3.03. The monoisotopic (exact) mass is 275 g/mol. The summed E-state index contributed by atoms with van der Waals surface area (Å²) in [6.45, 7) is 0. The Bertz CT molecular complexity index is 469. The number of nitrogens with one attached hydrogen (secondary N) is 1. The Morgan fingerprint density at radius 1 is 1.50 bits per heavy atom. The van der Waals surface area contributed by atoms with E-state index in [0.29, 0.717) is 0 Å². The van der Waals surface area contributed by atoms with Crippen LogP contribution in [-0.2, 0) is 14.3 Å². The van der Waals surface area contributed by atoms with E-state index in [0.717, 1.165) is 7.11 Å². The van der Waals surface area contributed by atoms with Crippen LogP contribution in [0.25, 0.3) is 0 Å². The second-order valence-electron chi connectivity index (χ2n) is 3.25. The first-order valence-electron chi connectivity index (χ1n) is 4.80. The van der Waals surface area contributed by atoms with Gasteiger partial charge in [-0.15, -0.1) is 0 Å². The van der Waals surface area contributed by atoms with Crippen molar-refractivity contribution >= 4 is 29.4 Å². The lowest BCUT2D eigenvalue weighted by Gasteiger charge is -2.11. The molecule has 0 aliphatic heterocycles. The van der Waals surface area contributed by atoms with Crippen LogP contribution < -0.4 is 5.32 Å². The molecule has 0 bridgehead atoms. The van der Waals surface area contributed by atoms with Crippen molar-refractivity contribution in [2.45, 2.75) is 12.5 Å².